The normalized spacial score (nSPS) is 12.1. The monoisotopic (exact) mass is 359 g/mol. The lowest BCUT2D eigenvalue weighted by Crippen LogP contribution is -2.12. The first-order valence-corrected chi connectivity index (χ1v) is 8.77. The van der Waals surface area contributed by atoms with Gasteiger partial charge in [0.15, 0.2) is 0 Å². The molecule has 0 spiro atoms. The highest BCUT2D eigenvalue weighted by Crippen LogP contribution is 2.29. The summed E-state index contributed by atoms with van der Waals surface area (Å²) >= 11 is 0. The number of nitrogens with zero attached hydrogens (tertiary/aromatic N) is 1. The van der Waals surface area contributed by atoms with Gasteiger partial charge in [-0.15, -0.1) is 0 Å². The summed E-state index contributed by atoms with van der Waals surface area (Å²) in [6.07, 6.45) is 3.34. The summed E-state index contributed by atoms with van der Waals surface area (Å²) in [5, 5.41) is 9.10. The summed E-state index contributed by atoms with van der Waals surface area (Å²) in [7, 11) is -4.03. The minimum Gasteiger partial charge on any atom is -0.478 e. The maximum absolute atomic E-state index is 14.3. The molecular formula is C18H14FNO4S. The smallest absolute Gasteiger partial charge is 0.328 e. The summed E-state index contributed by atoms with van der Waals surface area (Å²) in [6.45, 7) is 1.83. The van der Waals surface area contributed by atoms with Gasteiger partial charge in [-0.1, -0.05) is 29.8 Å². The lowest BCUT2D eigenvalue weighted by molar-refractivity contribution is -0.131. The minimum atomic E-state index is -4.03. The van der Waals surface area contributed by atoms with Crippen molar-refractivity contribution in [1.82, 2.24) is 3.97 Å². The van der Waals surface area contributed by atoms with Crippen molar-refractivity contribution in [1.29, 1.82) is 0 Å². The van der Waals surface area contributed by atoms with Gasteiger partial charge >= 0.3 is 5.97 Å². The second-order valence-corrected chi connectivity index (χ2v) is 7.32. The second-order valence-electron chi connectivity index (χ2n) is 5.51. The Labute approximate surface area is 143 Å². The van der Waals surface area contributed by atoms with Crippen molar-refractivity contribution in [3.63, 3.8) is 0 Å². The molecule has 2 aromatic carbocycles. The van der Waals surface area contributed by atoms with Gasteiger partial charge in [0.25, 0.3) is 10.0 Å². The molecule has 0 radical (unpaired) electrons. The van der Waals surface area contributed by atoms with Gasteiger partial charge in [0.2, 0.25) is 0 Å². The van der Waals surface area contributed by atoms with Crippen LogP contribution in [-0.2, 0) is 14.8 Å². The molecule has 0 unspecified atom stereocenters. The number of aliphatic carboxylic acids is 1. The van der Waals surface area contributed by atoms with Crippen LogP contribution < -0.4 is 0 Å². The number of aromatic nitrogens is 1. The highest BCUT2D eigenvalue weighted by atomic mass is 32.2. The van der Waals surface area contributed by atoms with Gasteiger partial charge in [-0.2, -0.15) is 0 Å². The maximum Gasteiger partial charge on any atom is 0.328 e. The molecule has 0 fully saturated rings. The van der Waals surface area contributed by atoms with Crippen molar-refractivity contribution in [3.8, 4) is 0 Å². The van der Waals surface area contributed by atoms with Gasteiger partial charge in [0, 0.05) is 23.2 Å². The third kappa shape index (κ3) is 3.06. The first-order chi connectivity index (χ1) is 11.8. The van der Waals surface area contributed by atoms with Crippen LogP contribution in [0.5, 0.6) is 0 Å². The SMILES string of the molecule is Cc1ccc(S(=O)(=O)n2cc(/C=C/C(=O)O)c3cccc(F)c32)cc1. The van der Waals surface area contributed by atoms with Gasteiger partial charge in [-0.25, -0.2) is 21.6 Å². The number of halogens is 1. The maximum atomic E-state index is 14.3. The lowest BCUT2D eigenvalue weighted by Gasteiger charge is -2.08. The van der Waals surface area contributed by atoms with Gasteiger partial charge < -0.3 is 5.11 Å². The van der Waals surface area contributed by atoms with Crippen LogP contribution in [0.4, 0.5) is 4.39 Å². The number of fused-ring (bicyclic) bond motifs is 1. The molecule has 128 valence electrons. The fraction of sp³-hybridized carbons (Fsp3) is 0.0556. The molecule has 0 aliphatic rings. The zero-order valence-electron chi connectivity index (χ0n) is 13.2. The highest BCUT2D eigenvalue weighted by Gasteiger charge is 2.22. The molecule has 0 aliphatic heterocycles. The van der Waals surface area contributed by atoms with Crippen LogP contribution in [0, 0.1) is 12.7 Å². The third-order valence-electron chi connectivity index (χ3n) is 3.76. The number of benzene rings is 2. The van der Waals surface area contributed by atoms with E-state index in [2.05, 4.69) is 0 Å². The fourth-order valence-electron chi connectivity index (χ4n) is 2.54. The van der Waals surface area contributed by atoms with Crippen molar-refractivity contribution in [2.24, 2.45) is 0 Å². The first-order valence-electron chi connectivity index (χ1n) is 7.33. The van der Waals surface area contributed by atoms with Crippen LogP contribution in [-0.4, -0.2) is 23.5 Å². The van der Waals surface area contributed by atoms with E-state index < -0.39 is 21.8 Å². The number of rotatable bonds is 4. The molecule has 0 bridgehead atoms. The fourth-order valence-corrected chi connectivity index (χ4v) is 3.93. The summed E-state index contributed by atoms with van der Waals surface area (Å²) in [5.41, 5.74) is 1.08. The van der Waals surface area contributed by atoms with E-state index >= 15 is 0 Å². The molecular weight excluding hydrogens is 345 g/mol. The molecule has 1 N–H and O–H groups in total. The molecule has 25 heavy (non-hydrogen) atoms. The van der Waals surface area contributed by atoms with Gasteiger partial charge in [-0.3, -0.25) is 0 Å². The highest BCUT2D eigenvalue weighted by molar-refractivity contribution is 7.90. The molecule has 0 saturated heterocycles. The van der Waals surface area contributed by atoms with E-state index in [1.807, 2.05) is 6.92 Å². The van der Waals surface area contributed by atoms with Crippen LogP contribution in [0.15, 0.2) is 59.6 Å². The Bertz CT molecular complexity index is 1100. The topological polar surface area (TPSA) is 76.4 Å². The van der Waals surface area contributed by atoms with Crippen molar-refractivity contribution in [2.75, 3.05) is 0 Å². The molecule has 1 heterocycles. The Morgan fingerprint density at radius 3 is 2.48 bits per heavy atom. The van der Waals surface area contributed by atoms with E-state index in [1.54, 1.807) is 18.2 Å². The Morgan fingerprint density at radius 1 is 1.16 bits per heavy atom. The van der Waals surface area contributed by atoms with E-state index in [0.717, 1.165) is 21.7 Å². The average Bonchev–Trinajstić information content (AvgIpc) is 2.94. The number of para-hydroxylation sites is 1. The Hall–Kier alpha value is -2.93. The summed E-state index contributed by atoms with van der Waals surface area (Å²) < 4.78 is 41.0. The number of carbonyl (C=O) groups is 1. The van der Waals surface area contributed by atoms with E-state index in [4.69, 9.17) is 5.11 Å². The number of carboxylic acid groups (broad SMARTS) is 1. The molecule has 1 aromatic heterocycles. The summed E-state index contributed by atoms with van der Waals surface area (Å²) in [4.78, 5) is 10.8. The van der Waals surface area contributed by atoms with E-state index in [-0.39, 0.29) is 10.4 Å². The van der Waals surface area contributed by atoms with Crippen LogP contribution in [0.25, 0.3) is 17.0 Å². The molecule has 3 rings (SSSR count). The van der Waals surface area contributed by atoms with Crippen LogP contribution >= 0.6 is 0 Å². The van der Waals surface area contributed by atoms with Crippen LogP contribution in [0.2, 0.25) is 0 Å². The molecule has 3 aromatic rings. The standard InChI is InChI=1S/C18H14FNO4S/c1-12-5-8-14(9-6-12)25(23,24)20-11-13(7-10-17(21)22)15-3-2-4-16(19)18(15)20/h2-11H,1H3,(H,21,22)/b10-7+. The van der Waals surface area contributed by atoms with E-state index in [9.17, 15) is 17.6 Å². The third-order valence-corrected chi connectivity index (χ3v) is 5.43. The largest absolute Gasteiger partial charge is 0.478 e. The molecule has 0 saturated carbocycles. The van der Waals surface area contributed by atoms with E-state index in [1.165, 1.54) is 30.5 Å². The summed E-state index contributed by atoms with van der Waals surface area (Å²) in [6, 6.07) is 10.3. The van der Waals surface area contributed by atoms with Crippen molar-refractivity contribution in [2.45, 2.75) is 11.8 Å². The van der Waals surface area contributed by atoms with E-state index in [0.29, 0.717) is 10.9 Å². The zero-order chi connectivity index (χ0) is 18.2. The lowest BCUT2D eigenvalue weighted by atomic mass is 10.1. The molecule has 5 nitrogen and oxygen atoms in total. The predicted molar refractivity (Wildman–Crippen MR) is 92.3 cm³/mol. The molecule has 0 amide bonds. The van der Waals surface area contributed by atoms with Gasteiger partial charge in [0.1, 0.15) is 11.3 Å². The molecule has 0 aliphatic carbocycles. The van der Waals surface area contributed by atoms with Crippen LogP contribution in [0.3, 0.4) is 0 Å². The number of hydrogen-bond acceptors (Lipinski definition) is 3. The number of carboxylic acids is 1. The number of hydrogen-bond donors (Lipinski definition) is 1. The average molecular weight is 359 g/mol. The molecule has 0 atom stereocenters. The minimum absolute atomic E-state index is 0.0204. The Balaban J connectivity index is 2.29. The Kier molecular flexibility index (Phi) is 4.18. The Morgan fingerprint density at radius 2 is 1.84 bits per heavy atom. The zero-order valence-corrected chi connectivity index (χ0v) is 14.0. The van der Waals surface area contributed by atoms with Gasteiger partial charge in [-0.05, 0) is 31.2 Å². The van der Waals surface area contributed by atoms with Crippen LogP contribution in [0.1, 0.15) is 11.1 Å². The van der Waals surface area contributed by atoms with Gasteiger partial charge in [0.05, 0.1) is 4.90 Å². The number of aryl methyl sites for hydroxylation is 1. The molecule has 7 heteroatoms. The summed E-state index contributed by atoms with van der Waals surface area (Å²) in [5.74, 6) is -1.89. The predicted octanol–water partition coefficient (Wildman–Crippen LogP) is 3.42. The van der Waals surface area contributed by atoms with Crippen molar-refractivity contribution >= 4 is 33.0 Å². The van der Waals surface area contributed by atoms with Crippen molar-refractivity contribution in [3.05, 3.63) is 71.7 Å². The first kappa shape index (κ1) is 16.9. The second kappa shape index (κ2) is 6.18. The van der Waals surface area contributed by atoms with Crippen molar-refractivity contribution < 1.29 is 22.7 Å². The quantitative estimate of drug-likeness (QED) is 0.724.